The molecule has 0 aliphatic heterocycles. The van der Waals surface area contributed by atoms with Gasteiger partial charge >= 0.3 is 0 Å². The Kier molecular flexibility index (Phi) is 7.06. The van der Waals surface area contributed by atoms with Crippen LogP contribution in [0.15, 0.2) is 53.4 Å². The van der Waals surface area contributed by atoms with Crippen molar-refractivity contribution in [1.29, 1.82) is 0 Å². The highest BCUT2D eigenvalue weighted by Crippen LogP contribution is 2.34. The van der Waals surface area contributed by atoms with Gasteiger partial charge in [0.05, 0.1) is 16.2 Å². The van der Waals surface area contributed by atoms with Crippen molar-refractivity contribution in [3.63, 3.8) is 0 Å². The number of likely N-dealkylation sites (N-methyl/N-ethyl adjacent to an activating group) is 1. The molecule has 7 nitrogen and oxygen atoms in total. The summed E-state index contributed by atoms with van der Waals surface area (Å²) in [6.07, 6.45) is 0. The summed E-state index contributed by atoms with van der Waals surface area (Å²) in [4.78, 5) is 21.2. The molecule has 9 heteroatoms. The fourth-order valence-corrected chi connectivity index (χ4v) is 5.12. The molecule has 0 saturated carbocycles. The molecule has 3 aromatic rings. The van der Waals surface area contributed by atoms with Gasteiger partial charge in [-0.05, 0) is 45.3 Å². The van der Waals surface area contributed by atoms with Gasteiger partial charge in [0, 0.05) is 13.1 Å². The lowest BCUT2D eigenvalue weighted by atomic mass is 10.3. The molecule has 0 fully saturated rings. The number of carbonyl (C=O) groups excluding carboxylic acids is 1. The largest absolute Gasteiger partial charge is 0.492 e. The standard InChI is InChI=1S/C21H25N3O4S2/c1-4-28-17-11-8-12-18-20(17)22-21(29-18)24(14-13-23(2)3)19(25)15-30(26,27)16-9-6-5-7-10-16/h5-12H,4,13-15H2,1-3H3. The van der Waals surface area contributed by atoms with Gasteiger partial charge in [0.1, 0.15) is 17.0 Å². The van der Waals surface area contributed by atoms with Crippen molar-refractivity contribution in [2.75, 3.05) is 44.4 Å². The number of para-hydroxylation sites is 1. The predicted octanol–water partition coefficient (Wildman–Crippen LogP) is 3.06. The molecule has 160 valence electrons. The number of thiazole rings is 1. The van der Waals surface area contributed by atoms with Gasteiger partial charge in [-0.3, -0.25) is 9.69 Å². The van der Waals surface area contributed by atoms with E-state index in [0.29, 0.717) is 36.1 Å². The quantitative estimate of drug-likeness (QED) is 0.502. The molecule has 0 atom stereocenters. The van der Waals surface area contributed by atoms with Gasteiger partial charge in [-0.25, -0.2) is 13.4 Å². The third-order valence-electron chi connectivity index (χ3n) is 4.39. The summed E-state index contributed by atoms with van der Waals surface area (Å²) < 4.78 is 32.0. The molecular weight excluding hydrogens is 422 g/mol. The van der Waals surface area contributed by atoms with Gasteiger partial charge in [-0.15, -0.1) is 0 Å². The minimum absolute atomic E-state index is 0.133. The highest BCUT2D eigenvalue weighted by atomic mass is 32.2. The maximum atomic E-state index is 13.1. The Morgan fingerprint density at radius 1 is 1.07 bits per heavy atom. The van der Waals surface area contributed by atoms with Gasteiger partial charge in [0.25, 0.3) is 0 Å². The first-order valence-electron chi connectivity index (χ1n) is 9.57. The molecule has 2 aromatic carbocycles. The van der Waals surface area contributed by atoms with Crippen LogP contribution in [-0.4, -0.2) is 63.8 Å². The van der Waals surface area contributed by atoms with Crippen LogP contribution in [-0.2, 0) is 14.6 Å². The first-order valence-corrected chi connectivity index (χ1v) is 12.0. The number of rotatable bonds is 9. The highest BCUT2D eigenvalue weighted by molar-refractivity contribution is 7.92. The molecule has 1 heterocycles. The van der Waals surface area contributed by atoms with Crippen molar-refractivity contribution in [3.05, 3.63) is 48.5 Å². The molecule has 0 aliphatic carbocycles. The summed E-state index contributed by atoms with van der Waals surface area (Å²) in [5, 5.41) is 0.465. The average Bonchev–Trinajstić information content (AvgIpc) is 3.13. The van der Waals surface area contributed by atoms with Crippen LogP contribution in [0.25, 0.3) is 10.2 Å². The van der Waals surface area contributed by atoms with E-state index in [0.717, 1.165) is 4.70 Å². The van der Waals surface area contributed by atoms with Crippen molar-refractivity contribution in [3.8, 4) is 5.75 Å². The minimum Gasteiger partial charge on any atom is -0.492 e. The van der Waals surface area contributed by atoms with E-state index in [2.05, 4.69) is 4.98 Å². The number of carbonyl (C=O) groups is 1. The first kappa shape index (κ1) is 22.2. The summed E-state index contributed by atoms with van der Waals surface area (Å²) >= 11 is 1.35. The Hall–Kier alpha value is -2.49. The Morgan fingerprint density at radius 2 is 1.80 bits per heavy atom. The maximum absolute atomic E-state index is 13.1. The van der Waals surface area contributed by atoms with E-state index in [-0.39, 0.29) is 4.90 Å². The molecule has 0 radical (unpaired) electrons. The van der Waals surface area contributed by atoms with E-state index < -0.39 is 21.5 Å². The normalized spacial score (nSPS) is 11.7. The van der Waals surface area contributed by atoms with Crippen molar-refractivity contribution in [1.82, 2.24) is 9.88 Å². The van der Waals surface area contributed by atoms with E-state index in [9.17, 15) is 13.2 Å². The zero-order chi connectivity index (χ0) is 21.7. The van der Waals surface area contributed by atoms with E-state index in [1.54, 1.807) is 18.2 Å². The van der Waals surface area contributed by atoms with Crippen molar-refractivity contribution in [2.24, 2.45) is 0 Å². The van der Waals surface area contributed by atoms with Crippen molar-refractivity contribution < 1.29 is 17.9 Å². The predicted molar refractivity (Wildman–Crippen MR) is 120 cm³/mol. The highest BCUT2D eigenvalue weighted by Gasteiger charge is 2.27. The summed E-state index contributed by atoms with van der Waals surface area (Å²) in [7, 11) is 0.0449. The number of nitrogens with zero attached hydrogens (tertiary/aromatic N) is 3. The van der Waals surface area contributed by atoms with Gasteiger partial charge < -0.3 is 9.64 Å². The second kappa shape index (κ2) is 9.55. The number of hydrogen-bond acceptors (Lipinski definition) is 7. The Bertz CT molecular complexity index is 1110. The molecule has 0 saturated heterocycles. The van der Waals surface area contributed by atoms with Gasteiger partial charge in [-0.1, -0.05) is 35.6 Å². The van der Waals surface area contributed by atoms with Crippen LogP contribution in [0, 0.1) is 0 Å². The number of hydrogen-bond donors (Lipinski definition) is 0. The lowest BCUT2D eigenvalue weighted by Gasteiger charge is -2.22. The summed E-state index contributed by atoms with van der Waals surface area (Å²) in [6.45, 7) is 3.31. The summed E-state index contributed by atoms with van der Waals surface area (Å²) in [5.74, 6) is -0.467. The molecule has 0 N–H and O–H groups in total. The average molecular weight is 448 g/mol. The van der Waals surface area contributed by atoms with Crippen LogP contribution in [0.3, 0.4) is 0 Å². The van der Waals surface area contributed by atoms with Crippen molar-refractivity contribution in [2.45, 2.75) is 11.8 Å². The van der Waals surface area contributed by atoms with Crippen LogP contribution < -0.4 is 9.64 Å². The van der Waals surface area contributed by atoms with Gasteiger partial charge in [0.15, 0.2) is 15.0 Å². The molecular formula is C21H25N3O4S2. The second-order valence-corrected chi connectivity index (χ2v) is 9.95. The van der Waals surface area contributed by atoms with Gasteiger partial charge in [0.2, 0.25) is 5.91 Å². The van der Waals surface area contributed by atoms with Crippen LogP contribution in [0.2, 0.25) is 0 Å². The Morgan fingerprint density at radius 3 is 2.47 bits per heavy atom. The summed E-state index contributed by atoms with van der Waals surface area (Å²) in [6, 6.07) is 13.6. The lowest BCUT2D eigenvalue weighted by Crippen LogP contribution is -2.40. The van der Waals surface area contributed by atoms with E-state index in [4.69, 9.17) is 4.74 Å². The maximum Gasteiger partial charge on any atom is 0.244 e. The molecule has 0 unspecified atom stereocenters. The fraction of sp³-hybridized carbons (Fsp3) is 0.333. The molecule has 0 spiro atoms. The number of fused-ring (bicyclic) bond motifs is 1. The number of ether oxygens (including phenoxy) is 1. The number of aromatic nitrogens is 1. The van der Waals surface area contributed by atoms with Crippen LogP contribution >= 0.6 is 11.3 Å². The molecule has 3 rings (SSSR count). The monoisotopic (exact) mass is 447 g/mol. The third kappa shape index (κ3) is 5.16. The van der Waals surface area contributed by atoms with Crippen LogP contribution in [0.5, 0.6) is 5.75 Å². The van der Waals surface area contributed by atoms with E-state index in [1.165, 1.54) is 28.4 Å². The minimum atomic E-state index is -3.75. The number of sulfone groups is 1. The molecule has 1 amide bonds. The zero-order valence-electron chi connectivity index (χ0n) is 17.2. The Labute approximate surface area is 180 Å². The smallest absolute Gasteiger partial charge is 0.244 e. The molecule has 30 heavy (non-hydrogen) atoms. The lowest BCUT2D eigenvalue weighted by molar-refractivity contribution is -0.116. The van der Waals surface area contributed by atoms with Crippen LogP contribution in [0.1, 0.15) is 6.92 Å². The molecule has 1 aromatic heterocycles. The van der Waals surface area contributed by atoms with E-state index in [1.807, 2.05) is 44.1 Å². The topological polar surface area (TPSA) is 79.8 Å². The number of anilines is 1. The summed E-state index contributed by atoms with van der Waals surface area (Å²) in [5.41, 5.74) is 0.674. The molecule has 0 bridgehead atoms. The van der Waals surface area contributed by atoms with Crippen molar-refractivity contribution >= 4 is 42.4 Å². The number of benzene rings is 2. The van der Waals surface area contributed by atoms with E-state index >= 15 is 0 Å². The zero-order valence-corrected chi connectivity index (χ0v) is 18.9. The van der Waals surface area contributed by atoms with Gasteiger partial charge in [-0.2, -0.15) is 0 Å². The third-order valence-corrected chi connectivity index (χ3v) is 7.05. The SMILES string of the molecule is CCOc1cccc2sc(N(CCN(C)C)C(=O)CS(=O)(=O)c3ccccc3)nc12. The fourth-order valence-electron chi connectivity index (χ4n) is 2.88. The second-order valence-electron chi connectivity index (χ2n) is 6.95. The first-order chi connectivity index (χ1) is 14.3. The Balaban J connectivity index is 1.94. The molecule has 0 aliphatic rings. The number of amides is 1. The van der Waals surface area contributed by atoms with Crippen LogP contribution in [0.4, 0.5) is 5.13 Å².